The lowest BCUT2D eigenvalue weighted by Crippen LogP contribution is -2.48. The van der Waals surface area contributed by atoms with E-state index in [4.69, 9.17) is 0 Å². The monoisotopic (exact) mass is 416 g/mol. The van der Waals surface area contributed by atoms with Gasteiger partial charge in [-0.25, -0.2) is 13.8 Å². The third-order valence-electron chi connectivity index (χ3n) is 5.54. The van der Waals surface area contributed by atoms with Gasteiger partial charge in [0.1, 0.15) is 11.7 Å². The summed E-state index contributed by atoms with van der Waals surface area (Å²) in [5, 5.41) is 26.2. The molecule has 2 aromatic rings. The first-order chi connectivity index (χ1) is 14.1. The number of fused-ring (bicyclic) bond motifs is 1. The first kappa shape index (κ1) is 20.4. The normalized spacial score (nSPS) is 22.7. The van der Waals surface area contributed by atoms with Gasteiger partial charge in [0.15, 0.2) is 5.79 Å². The fraction of sp³-hybridized carbons (Fsp3) is 0.381. The number of alkyl halides is 2. The molecular formula is C21H22F2N4O3. The van der Waals surface area contributed by atoms with Crippen LogP contribution in [0.5, 0.6) is 0 Å². The number of carbonyl (C=O) groups is 1. The first-order valence-corrected chi connectivity index (χ1v) is 9.65. The van der Waals surface area contributed by atoms with Gasteiger partial charge < -0.3 is 20.8 Å². The number of hydrogen-bond acceptors (Lipinski definition) is 6. The molecule has 1 aliphatic carbocycles. The number of allylic oxidation sites excluding steroid dienone is 2. The number of anilines is 1. The predicted molar refractivity (Wildman–Crippen MR) is 107 cm³/mol. The van der Waals surface area contributed by atoms with Crippen molar-refractivity contribution in [3.05, 3.63) is 47.9 Å². The number of pyridine rings is 2. The van der Waals surface area contributed by atoms with Crippen LogP contribution in [0.3, 0.4) is 0 Å². The fourth-order valence-corrected chi connectivity index (χ4v) is 3.42. The number of nitrogens with zero attached hydrogens (tertiary/aromatic N) is 2. The zero-order chi connectivity index (χ0) is 21.7. The Bertz CT molecular complexity index is 1080. The molecule has 158 valence electrons. The second-order valence-electron chi connectivity index (χ2n) is 7.78. The average Bonchev–Trinajstić information content (AvgIpc) is 3.36. The van der Waals surface area contributed by atoms with Crippen LogP contribution in [0.2, 0.25) is 0 Å². The number of rotatable bonds is 5. The average molecular weight is 416 g/mol. The molecule has 2 aromatic heterocycles. The third-order valence-corrected chi connectivity index (χ3v) is 5.54. The van der Waals surface area contributed by atoms with Crippen molar-refractivity contribution in [1.29, 1.82) is 0 Å². The van der Waals surface area contributed by atoms with E-state index < -0.39 is 36.0 Å². The van der Waals surface area contributed by atoms with E-state index in [2.05, 4.69) is 20.6 Å². The zero-order valence-corrected chi connectivity index (χ0v) is 16.5. The van der Waals surface area contributed by atoms with Crippen LogP contribution >= 0.6 is 0 Å². The molecule has 9 heteroatoms. The Morgan fingerprint density at radius 2 is 2.07 bits per heavy atom. The Balaban J connectivity index is 1.53. The summed E-state index contributed by atoms with van der Waals surface area (Å²) >= 11 is 0. The molecule has 2 unspecified atom stereocenters. The fourth-order valence-electron chi connectivity index (χ4n) is 3.42. The van der Waals surface area contributed by atoms with E-state index in [1.54, 1.807) is 25.4 Å². The van der Waals surface area contributed by atoms with Gasteiger partial charge in [-0.3, -0.25) is 9.78 Å². The number of aromatic nitrogens is 2. The smallest absolute Gasteiger partial charge is 0.260 e. The van der Waals surface area contributed by atoms with Crippen LogP contribution in [-0.2, 0) is 4.79 Å². The van der Waals surface area contributed by atoms with E-state index in [1.165, 1.54) is 12.3 Å². The van der Waals surface area contributed by atoms with Crippen molar-refractivity contribution in [2.45, 2.75) is 44.4 Å². The molecule has 0 radical (unpaired) electrons. The first-order valence-electron chi connectivity index (χ1n) is 9.65. The Morgan fingerprint density at radius 3 is 2.70 bits per heavy atom. The second kappa shape index (κ2) is 7.10. The van der Waals surface area contributed by atoms with Crippen molar-refractivity contribution in [2.75, 3.05) is 5.32 Å². The number of aliphatic hydroxyl groups is 2. The van der Waals surface area contributed by atoms with Crippen LogP contribution in [-0.4, -0.2) is 43.8 Å². The number of hydrogen-bond donors (Lipinski definition) is 4. The van der Waals surface area contributed by atoms with Crippen LogP contribution in [0.4, 0.5) is 14.6 Å². The Morgan fingerprint density at radius 1 is 1.33 bits per heavy atom. The van der Waals surface area contributed by atoms with E-state index >= 15 is 0 Å². The molecule has 1 fully saturated rings. The Hall–Kier alpha value is -2.91. The molecule has 1 amide bonds. The summed E-state index contributed by atoms with van der Waals surface area (Å²) < 4.78 is 26.1. The molecule has 1 saturated carbocycles. The van der Waals surface area contributed by atoms with Crippen molar-refractivity contribution >= 4 is 28.2 Å². The topological polar surface area (TPSA) is 107 Å². The minimum absolute atomic E-state index is 0.176. The minimum Gasteiger partial charge on any atom is -0.379 e. The quantitative estimate of drug-likeness (QED) is 0.558. The van der Waals surface area contributed by atoms with Crippen molar-refractivity contribution < 1.29 is 23.8 Å². The van der Waals surface area contributed by atoms with Gasteiger partial charge in [-0.05, 0) is 18.6 Å². The van der Waals surface area contributed by atoms with Gasteiger partial charge in [-0.15, -0.1) is 0 Å². The molecule has 0 saturated heterocycles. The molecule has 2 atom stereocenters. The van der Waals surface area contributed by atoms with Gasteiger partial charge in [0, 0.05) is 54.0 Å². The van der Waals surface area contributed by atoms with Gasteiger partial charge in [-0.1, -0.05) is 13.0 Å². The van der Waals surface area contributed by atoms with Crippen LogP contribution < -0.4 is 10.6 Å². The largest absolute Gasteiger partial charge is 0.379 e. The molecule has 2 aliphatic rings. The summed E-state index contributed by atoms with van der Waals surface area (Å²) in [6.07, 6.45) is 6.40. The van der Waals surface area contributed by atoms with Crippen LogP contribution in [0, 0.1) is 5.92 Å². The van der Waals surface area contributed by atoms with Gasteiger partial charge in [-0.2, -0.15) is 0 Å². The van der Waals surface area contributed by atoms with Gasteiger partial charge in [0.25, 0.3) is 5.92 Å². The number of amides is 1. The van der Waals surface area contributed by atoms with Gasteiger partial charge >= 0.3 is 0 Å². The third kappa shape index (κ3) is 3.78. The van der Waals surface area contributed by atoms with E-state index in [1.807, 2.05) is 13.0 Å². The number of dihydropyridines is 1. The zero-order valence-electron chi connectivity index (χ0n) is 16.5. The second-order valence-corrected chi connectivity index (χ2v) is 7.78. The summed E-state index contributed by atoms with van der Waals surface area (Å²) in [7, 11) is 0. The summed E-state index contributed by atoms with van der Waals surface area (Å²) in [4.78, 5) is 20.4. The summed E-state index contributed by atoms with van der Waals surface area (Å²) in [6, 6.07) is 2.79. The molecule has 0 bridgehead atoms. The van der Waals surface area contributed by atoms with Gasteiger partial charge in [0.2, 0.25) is 5.91 Å². The van der Waals surface area contributed by atoms with E-state index in [0.717, 1.165) is 16.7 Å². The van der Waals surface area contributed by atoms with Crippen molar-refractivity contribution in [1.82, 2.24) is 15.3 Å². The van der Waals surface area contributed by atoms with Crippen LogP contribution in [0.25, 0.3) is 16.5 Å². The van der Waals surface area contributed by atoms with E-state index in [9.17, 15) is 23.8 Å². The predicted octanol–water partition coefficient (Wildman–Crippen LogP) is 2.57. The number of halogens is 2. The highest BCUT2D eigenvalue weighted by molar-refractivity contribution is 5.96. The van der Waals surface area contributed by atoms with Crippen molar-refractivity contribution in [3.8, 4) is 0 Å². The maximum Gasteiger partial charge on any atom is 0.260 e. The summed E-state index contributed by atoms with van der Waals surface area (Å²) in [6.45, 7) is 3.57. The SMILES string of the molecule is CCC(O)(O)C1C=C(C)C(c2cnc3cc(NC(=O)C4CC4(F)F)ncc3c2)=CN1. The molecule has 4 rings (SSSR count). The van der Waals surface area contributed by atoms with Crippen LogP contribution in [0.15, 0.2) is 42.4 Å². The molecule has 4 N–H and O–H groups in total. The Kier molecular flexibility index (Phi) is 4.82. The standard InChI is InChI=1S/C21H22F2N4O3/c1-3-21(29,30)17-4-11(2)14(10-25-17)12-5-13-9-26-18(6-16(13)24-8-12)27-19(28)15-7-20(15,22)23/h4-6,8-10,15,17,25,29-30H,3,7H2,1-2H3,(H,26,27,28). The highest BCUT2D eigenvalue weighted by Crippen LogP contribution is 2.49. The molecule has 1 aliphatic heterocycles. The maximum atomic E-state index is 13.0. The summed E-state index contributed by atoms with van der Waals surface area (Å²) in [5.41, 5.74) is 3.08. The maximum absolute atomic E-state index is 13.0. The molecule has 3 heterocycles. The van der Waals surface area contributed by atoms with E-state index in [0.29, 0.717) is 10.9 Å². The number of nitrogens with one attached hydrogen (secondary N) is 2. The lowest BCUT2D eigenvalue weighted by Gasteiger charge is -2.32. The van der Waals surface area contributed by atoms with E-state index in [-0.39, 0.29) is 12.2 Å². The molecule has 0 spiro atoms. The van der Waals surface area contributed by atoms with Crippen LogP contribution in [0.1, 0.15) is 32.3 Å². The van der Waals surface area contributed by atoms with Crippen molar-refractivity contribution in [3.63, 3.8) is 0 Å². The highest BCUT2D eigenvalue weighted by atomic mass is 19.3. The molecule has 7 nitrogen and oxygen atoms in total. The molecular weight excluding hydrogens is 394 g/mol. The number of carbonyl (C=O) groups excluding carboxylic acids is 1. The molecule has 0 aromatic carbocycles. The van der Waals surface area contributed by atoms with Crippen molar-refractivity contribution in [2.24, 2.45) is 5.92 Å². The van der Waals surface area contributed by atoms with Gasteiger partial charge in [0.05, 0.1) is 11.6 Å². The molecule has 30 heavy (non-hydrogen) atoms. The minimum atomic E-state index is -2.93. The lowest BCUT2D eigenvalue weighted by molar-refractivity contribution is -0.173. The summed E-state index contributed by atoms with van der Waals surface area (Å²) in [5.74, 6) is -6.63. The lowest BCUT2D eigenvalue weighted by atomic mass is 9.92. The highest BCUT2D eigenvalue weighted by Gasteiger charge is 2.61. The Labute approximate surface area is 171 Å².